The second kappa shape index (κ2) is 5.07. The fourth-order valence-electron chi connectivity index (χ4n) is 1.04. The van der Waals surface area contributed by atoms with Gasteiger partial charge in [0.05, 0.1) is 17.3 Å². The molecule has 0 saturated heterocycles. The Labute approximate surface area is 95.4 Å². The zero-order valence-corrected chi connectivity index (χ0v) is 9.09. The number of anilines is 1. The molecule has 0 aliphatic heterocycles. The molecule has 0 spiro atoms. The number of nitrogens with two attached hydrogens (primary N) is 1. The van der Waals surface area contributed by atoms with Crippen molar-refractivity contribution in [2.75, 3.05) is 12.3 Å². The summed E-state index contributed by atoms with van der Waals surface area (Å²) < 4.78 is 29.4. The molecule has 7 heteroatoms. The number of alkyl halides is 2. The van der Waals surface area contributed by atoms with Gasteiger partial charge in [0, 0.05) is 6.20 Å². The van der Waals surface area contributed by atoms with E-state index in [9.17, 15) is 13.6 Å². The standard InChI is InChI=1S/C9H9ClF2N2O2/c1-2-16-9(15)4-3-14-7(8(11)12)5(10)6(4)13/h3,8H,2H2,1H3,(H2,13,14). The summed E-state index contributed by atoms with van der Waals surface area (Å²) in [5.41, 5.74) is 4.44. The van der Waals surface area contributed by atoms with Gasteiger partial charge < -0.3 is 10.5 Å². The number of ether oxygens (including phenoxy) is 1. The Morgan fingerprint density at radius 3 is 2.81 bits per heavy atom. The fourth-order valence-corrected chi connectivity index (χ4v) is 1.27. The molecule has 0 atom stereocenters. The third-order valence-electron chi connectivity index (χ3n) is 1.79. The Balaban J connectivity index is 3.16. The van der Waals surface area contributed by atoms with Crippen molar-refractivity contribution in [2.24, 2.45) is 0 Å². The summed E-state index contributed by atoms with van der Waals surface area (Å²) in [6, 6.07) is 0. The van der Waals surface area contributed by atoms with Gasteiger partial charge in [-0.05, 0) is 6.92 Å². The molecule has 0 radical (unpaired) electrons. The molecule has 1 rings (SSSR count). The summed E-state index contributed by atoms with van der Waals surface area (Å²) in [5, 5.41) is -0.416. The molecule has 1 aromatic rings. The summed E-state index contributed by atoms with van der Waals surface area (Å²) in [5.74, 6) is -0.741. The van der Waals surface area contributed by atoms with Crippen molar-refractivity contribution in [3.8, 4) is 0 Å². The maximum absolute atomic E-state index is 12.4. The van der Waals surface area contributed by atoms with E-state index in [2.05, 4.69) is 9.72 Å². The van der Waals surface area contributed by atoms with Crippen LogP contribution in [-0.2, 0) is 4.74 Å². The van der Waals surface area contributed by atoms with Crippen LogP contribution in [0.3, 0.4) is 0 Å². The first-order valence-electron chi connectivity index (χ1n) is 4.38. The number of nitrogen functional groups attached to an aromatic ring is 1. The van der Waals surface area contributed by atoms with E-state index in [1.165, 1.54) is 0 Å². The van der Waals surface area contributed by atoms with Gasteiger partial charge in [0.2, 0.25) is 0 Å². The van der Waals surface area contributed by atoms with Crippen molar-refractivity contribution in [3.05, 3.63) is 22.5 Å². The van der Waals surface area contributed by atoms with Gasteiger partial charge in [0.15, 0.2) is 0 Å². The molecular formula is C9H9ClF2N2O2. The lowest BCUT2D eigenvalue weighted by Gasteiger charge is -2.09. The molecule has 16 heavy (non-hydrogen) atoms. The number of halogens is 3. The first-order chi connectivity index (χ1) is 7.49. The van der Waals surface area contributed by atoms with Gasteiger partial charge in [-0.2, -0.15) is 0 Å². The fraction of sp³-hybridized carbons (Fsp3) is 0.333. The molecule has 2 N–H and O–H groups in total. The summed E-state index contributed by atoms with van der Waals surface area (Å²) >= 11 is 5.56. The quantitative estimate of drug-likeness (QED) is 0.837. The average Bonchev–Trinajstić information content (AvgIpc) is 2.21. The third kappa shape index (κ3) is 2.38. The van der Waals surface area contributed by atoms with Crippen LogP contribution < -0.4 is 5.73 Å². The Bertz CT molecular complexity index is 413. The number of hydrogen-bond donors (Lipinski definition) is 1. The molecule has 0 aliphatic carbocycles. The van der Waals surface area contributed by atoms with Gasteiger partial charge in [-0.3, -0.25) is 4.98 Å². The normalized spacial score (nSPS) is 10.6. The molecule has 1 heterocycles. The highest BCUT2D eigenvalue weighted by atomic mass is 35.5. The van der Waals surface area contributed by atoms with Crippen molar-refractivity contribution in [2.45, 2.75) is 13.3 Å². The predicted molar refractivity (Wildman–Crippen MR) is 54.6 cm³/mol. The summed E-state index contributed by atoms with van der Waals surface area (Å²) in [6.07, 6.45) is -1.91. The van der Waals surface area contributed by atoms with E-state index in [1.807, 2.05) is 0 Å². The maximum atomic E-state index is 12.4. The summed E-state index contributed by atoms with van der Waals surface area (Å²) in [4.78, 5) is 14.7. The Morgan fingerprint density at radius 1 is 1.69 bits per heavy atom. The SMILES string of the molecule is CCOC(=O)c1cnc(C(F)F)c(Cl)c1N. The first kappa shape index (κ1) is 12.6. The van der Waals surface area contributed by atoms with Gasteiger partial charge in [-0.1, -0.05) is 11.6 Å². The molecule has 0 bridgehead atoms. The van der Waals surface area contributed by atoms with Gasteiger partial charge >= 0.3 is 5.97 Å². The zero-order valence-electron chi connectivity index (χ0n) is 8.34. The number of pyridine rings is 1. The van der Waals surface area contributed by atoms with E-state index in [0.717, 1.165) is 6.20 Å². The maximum Gasteiger partial charge on any atom is 0.341 e. The van der Waals surface area contributed by atoms with Gasteiger partial charge in [-0.15, -0.1) is 0 Å². The molecule has 0 fully saturated rings. The second-order valence-electron chi connectivity index (χ2n) is 2.81. The number of carbonyl (C=O) groups excluding carboxylic acids is 1. The number of carbonyl (C=O) groups is 1. The van der Waals surface area contributed by atoms with Crippen LogP contribution in [0.5, 0.6) is 0 Å². The smallest absolute Gasteiger partial charge is 0.341 e. The van der Waals surface area contributed by atoms with E-state index < -0.39 is 23.1 Å². The van der Waals surface area contributed by atoms with Crippen LogP contribution >= 0.6 is 11.6 Å². The minimum atomic E-state index is -2.84. The Hall–Kier alpha value is -1.43. The lowest BCUT2D eigenvalue weighted by molar-refractivity contribution is 0.0526. The summed E-state index contributed by atoms with van der Waals surface area (Å²) in [6.45, 7) is 1.75. The van der Waals surface area contributed by atoms with Crippen molar-refractivity contribution >= 4 is 23.3 Å². The highest BCUT2D eigenvalue weighted by Crippen LogP contribution is 2.31. The van der Waals surface area contributed by atoms with Crippen LogP contribution in [0.25, 0.3) is 0 Å². The van der Waals surface area contributed by atoms with Crippen molar-refractivity contribution in [3.63, 3.8) is 0 Å². The minimum absolute atomic E-state index is 0.115. The number of nitrogens with zero attached hydrogens (tertiary/aromatic N) is 1. The van der Waals surface area contributed by atoms with E-state index in [-0.39, 0.29) is 17.9 Å². The van der Waals surface area contributed by atoms with Gasteiger partial charge in [0.25, 0.3) is 6.43 Å². The lowest BCUT2D eigenvalue weighted by atomic mass is 10.2. The number of hydrogen-bond acceptors (Lipinski definition) is 4. The van der Waals surface area contributed by atoms with Crippen LogP contribution in [0.4, 0.5) is 14.5 Å². The monoisotopic (exact) mass is 250 g/mol. The van der Waals surface area contributed by atoms with E-state index in [0.29, 0.717) is 0 Å². The van der Waals surface area contributed by atoms with Crippen LogP contribution in [0.1, 0.15) is 29.4 Å². The van der Waals surface area contributed by atoms with Crippen LogP contribution in [0.15, 0.2) is 6.20 Å². The molecule has 88 valence electrons. The van der Waals surface area contributed by atoms with Gasteiger partial charge in [-0.25, -0.2) is 13.6 Å². The van der Waals surface area contributed by atoms with Crippen molar-refractivity contribution < 1.29 is 18.3 Å². The third-order valence-corrected chi connectivity index (χ3v) is 2.18. The molecular weight excluding hydrogens is 242 g/mol. The van der Waals surface area contributed by atoms with E-state index in [1.54, 1.807) is 6.92 Å². The Kier molecular flexibility index (Phi) is 4.00. The molecule has 4 nitrogen and oxygen atoms in total. The molecule has 0 aliphatic rings. The average molecular weight is 251 g/mol. The number of esters is 1. The lowest BCUT2D eigenvalue weighted by Crippen LogP contribution is -2.10. The van der Waals surface area contributed by atoms with Crippen LogP contribution in [0, 0.1) is 0 Å². The van der Waals surface area contributed by atoms with Crippen LogP contribution in [-0.4, -0.2) is 17.6 Å². The topological polar surface area (TPSA) is 65.2 Å². The molecule has 1 aromatic heterocycles. The molecule has 0 saturated carbocycles. The number of rotatable bonds is 3. The molecule has 0 aromatic carbocycles. The minimum Gasteiger partial charge on any atom is -0.462 e. The zero-order chi connectivity index (χ0) is 12.3. The number of aromatic nitrogens is 1. The molecule has 0 unspecified atom stereocenters. The largest absolute Gasteiger partial charge is 0.462 e. The van der Waals surface area contributed by atoms with Crippen molar-refractivity contribution in [1.29, 1.82) is 0 Å². The van der Waals surface area contributed by atoms with Gasteiger partial charge in [0.1, 0.15) is 11.3 Å². The van der Waals surface area contributed by atoms with E-state index in [4.69, 9.17) is 17.3 Å². The summed E-state index contributed by atoms with van der Waals surface area (Å²) in [7, 11) is 0. The molecule has 0 amide bonds. The van der Waals surface area contributed by atoms with Crippen molar-refractivity contribution in [1.82, 2.24) is 4.98 Å². The van der Waals surface area contributed by atoms with Crippen LogP contribution in [0.2, 0.25) is 5.02 Å². The second-order valence-corrected chi connectivity index (χ2v) is 3.18. The van der Waals surface area contributed by atoms with E-state index >= 15 is 0 Å². The predicted octanol–water partition coefficient (Wildman–Crippen LogP) is 2.43. The first-order valence-corrected chi connectivity index (χ1v) is 4.76. The highest BCUT2D eigenvalue weighted by molar-refractivity contribution is 6.34. The highest BCUT2D eigenvalue weighted by Gasteiger charge is 2.21. The Morgan fingerprint density at radius 2 is 2.31 bits per heavy atom.